The number of benzene rings is 1. The van der Waals surface area contributed by atoms with Crippen LogP contribution in [-0.4, -0.2) is 30.4 Å². The second-order valence-corrected chi connectivity index (χ2v) is 3.85. The Hall–Kier alpha value is -1.46. The number of halogens is 1. The van der Waals surface area contributed by atoms with E-state index in [-0.39, 0.29) is 19.0 Å². The standard InChI is InChI=1S/C12H15FO4/c1-12(15,11(14)16-2)8-17-7-9-5-3-4-6-10(9)13/h3-6,15H,7-8H2,1-2H3. The van der Waals surface area contributed by atoms with Crippen molar-refractivity contribution in [3.8, 4) is 0 Å². The highest BCUT2D eigenvalue weighted by molar-refractivity contribution is 5.78. The van der Waals surface area contributed by atoms with Crippen LogP contribution in [0, 0.1) is 5.82 Å². The summed E-state index contributed by atoms with van der Waals surface area (Å²) in [6.07, 6.45) is 0. The summed E-state index contributed by atoms with van der Waals surface area (Å²) in [6, 6.07) is 6.14. The summed E-state index contributed by atoms with van der Waals surface area (Å²) in [7, 11) is 1.17. The molecule has 0 heterocycles. The molecule has 0 spiro atoms. The number of carbonyl (C=O) groups excluding carboxylic acids is 1. The second kappa shape index (κ2) is 5.75. The molecule has 0 amide bonds. The zero-order valence-electron chi connectivity index (χ0n) is 9.77. The van der Waals surface area contributed by atoms with E-state index in [0.717, 1.165) is 0 Å². The van der Waals surface area contributed by atoms with Gasteiger partial charge in [-0.05, 0) is 13.0 Å². The molecule has 0 fully saturated rings. The number of rotatable bonds is 5. The molecule has 0 saturated heterocycles. The van der Waals surface area contributed by atoms with Gasteiger partial charge in [0.25, 0.3) is 0 Å². The Labute approximate surface area is 99.0 Å². The summed E-state index contributed by atoms with van der Waals surface area (Å²) in [5.74, 6) is -1.17. The molecule has 1 atom stereocenters. The number of methoxy groups -OCH3 is 1. The Morgan fingerprint density at radius 3 is 2.71 bits per heavy atom. The molecule has 1 N–H and O–H groups in total. The summed E-state index contributed by atoms with van der Waals surface area (Å²) in [5, 5.41) is 9.64. The van der Waals surface area contributed by atoms with Gasteiger partial charge in [0, 0.05) is 5.56 Å². The maximum Gasteiger partial charge on any atom is 0.339 e. The molecule has 5 heteroatoms. The molecule has 1 unspecified atom stereocenters. The molecule has 0 radical (unpaired) electrons. The van der Waals surface area contributed by atoms with Crippen molar-refractivity contribution in [2.75, 3.05) is 13.7 Å². The highest BCUT2D eigenvalue weighted by Crippen LogP contribution is 2.11. The first-order valence-electron chi connectivity index (χ1n) is 5.09. The van der Waals surface area contributed by atoms with Crippen molar-refractivity contribution in [2.24, 2.45) is 0 Å². The topological polar surface area (TPSA) is 55.8 Å². The minimum atomic E-state index is -1.72. The number of hydrogen-bond acceptors (Lipinski definition) is 4. The van der Waals surface area contributed by atoms with Gasteiger partial charge >= 0.3 is 5.97 Å². The van der Waals surface area contributed by atoms with Gasteiger partial charge in [-0.3, -0.25) is 0 Å². The quantitative estimate of drug-likeness (QED) is 0.790. The van der Waals surface area contributed by atoms with Gasteiger partial charge in [0.15, 0.2) is 5.60 Å². The van der Waals surface area contributed by atoms with Crippen molar-refractivity contribution in [3.63, 3.8) is 0 Å². The molecule has 1 rings (SSSR count). The molecule has 1 aromatic carbocycles. The van der Waals surface area contributed by atoms with Crippen molar-refractivity contribution >= 4 is 5.97 Å². The number of aliphatic hydroxyl groups is 1. The third-order valence-electron chi connectivity index (χ3n) is 2.22. The smallest absolute Gasteiger partial charge is 0.339 e. The minimum absolute atomic E-state index is 0.0141. The van der Waals surface area contributed by atoms with E-state index in [1.807, 2.05) is 0 Å². The SMILES string of the molecule is COC(=O)C(C)(O)COCc1ccccc1F. The molecule has 0 aliphatic carbocycles. The minimum Gasteiger partial charge on any atom is -0.467 e. The molecule has 0 aliphatic heterocycles. The van der Waals surface area contributed by atoms with Crippen LogP contribution in [-0.2, 0) is 20.9 Å². The van der Waals surface area contributed by atoms with Gasteiger partial charge in [-0.2, -0.15) is 0 Å². The summed E-state index contributed by atoms with van der Waals surface area (Å²) < 4.78 is 22.7. The van der Waals surface area contributed by atoms with E-state index in [0.29, 0.717) is 5.56 Å². The maximum atomic E-state index is 13.2. The predicted molar refractivity (Wildman–Crippen MR) is 58.7 cm³/mol. The van der Waals surface area contributed by atoms with Crippen molar-refractivity contribution in [1.29, 1.82) is 0 Å². The zero-order chi connectivity index (χ0) is 12.9. The van der Waals surface area contributed by atoms with Gasteiger partial charge in [-0.1, -0.05) is 18.2 Å². The number of hydrogen-bond donors (Lipinski definition) is 1. The lowest BCUT2D eigenvalue weighted by molar-refractivity contribution is -0.167. The highest BCUT2D eigenvalue weighted by Gasteiger charge is 2.31. The first-order valence-corrected chi connectivity index (χ1v) is 5.09. The van der Waals surface area contributed by atoms with Gasteiger partial charge in [0.2, 0.25) is 0 Å². The fourth-order valence-corrected chi connectivity index (χ4v) is 1.25. The van der Waals surface area contributed by atoms with E-state index >= 15 is 0 Å². The van der Waals surface area contributed by atoms with Crippen molar-refractivity contribution < 1.29 is 23.8 Å². The molecule has 17 heavy (non-hydrogen) atoms. The van der Waals surface area contributed by atoms with Crippen molar-refractivity contribution in [3.05, 3.63) is 35.6 Å². The van der Waals surface area contributed by atoms with Gasteiger partial charge < -0.3 is 14.6 Å². The molecule has 0 bridgehead atoms. The average Bonchev–Trinajstić information content (AvgIpc) is 2.30. The Bertz CT molecular complexity index is 390. The molecule has 4 nitrogen and oxygen atoms in total. The third kappa shape index (κ3) is 3.80. The van der Waals surface area contributed by atoms with Crippen LogP contribution in [0.4, 0.5) is 4.39 Å². The van der Waals surface area contributed by atoms with E-state index in [9.17, 15) is 14.3 Å². The number of ether oxygens (including phenoxy) is 2. The predicted octanol–water partition coefficient (Wildman–Crippen LogP) is 1.27. The first-order chi connectivity index (χ1) is 7.97. The molecular formula is C12H15FO4. The Morgan fingerprint density at radius 1 is 1.47 bits per heavy atom. The normalized spacial score (nSPS) is 14.1. The van der Waals surface area contributed by atoms with Crippen LogP contribution in [0.2, 0.25) is 0 Å². The van der Waals surface area contributed by atoms with Crippen molar-refractivity contribution in [2.45, 2.75) is 19.1 Å². The van der Waals surface area contributed by atoms with E-state index in [4.69, 9.17) is 4.74 Å². The van der Waals surface area contributed by atoms with Crippen LogP contribution in [0.15, 0.2) is 24.3 Å². The van der Waals surface area contributed by atoms with Crippen LogP contribution >= 0.6 is 0 Å². The summed E-state index contributed by atoms with van der Waals surface area (Å²) in [6.45, 7) is 1.01. The molecule has 0 aromatic heterocycles. The Balaban J connectivity index is 2.48. The van der Waals surface area contributed by atoms with Gasteiger partial charge in [0.05, 0.1) is 20.3 Å². The van der Waals surface area contributed by atoms with Gasteiger partial charge in [-0.15, -0.1) is 0 Å². The Kier molecular flexibility index (Phi) is 4.60. The molecule has 1 aromatic rings. The number of esters is 1. The van der Waals surface area contributed by atoms with Crippen LogP contribution < -0.4 is 0 Å². The lowest BCUT2D eigenvalue weighted by Crippen LogP contribution is -2.40. The largest absolute Gasteiger partial charge is 0.467 e. The number of carbonyl (C=O) groups is 1. The monoisotopic (exact) mass is 242 g/mol. The molecule has 94 valence electrons. The Morgan fingerprint density at radius 2 is 2.12 bits per heavy atom. The molecule has 0 aliphatic rings. The lowest BCUT2D eigenvalue weighted by Gasteiger charge is -2.19. The fraction of sp³-hybridized carbons (Fsp3) is 0.417. The van der Waals surface area contributed by atoms with Crippen molar-refractivity contribution in [1.82, 2.24) is 0 Å². The summed E-state index contributed by atoms with van der Waals surface area (Å²) in [5.41, 5.74) is -1.35. The van der Waals surface area contributed by atoms with E-state index < -0.39 is 11.6 Å². The fourth-order valence-electron chi connectivity index (χ4n) is 1.25. The van der Waals surface area contributed by atoms with Crippen LogP contribution in [0.5, 0.6) is 0 Å². The summed E-state index contributed by atoms with van der Waals surface area (Å²) in [4.78, 5) is 11.1. The van der Waals surface area contributed by atoms with Gasteiger partial charge in [0.1, 0.15) is 5.82 Å². The van der Waals surface area contributed by atoms with Crippen LogP contribution in [0.1, 0.15) is 12.5 Å². The average molecular weight is 242 g/mol. The van der Waals surface area contributed by atoms with Crippen LogP contribution in [0.25, 0.3) is 0 Å². The summed E-state index contributed by atoms with van der Waals surface area (Å²) >= 11 is 0. The second-order valence-electron chi connectivity index (χ2n) is 3.85. The van der Waals surface area contributed by atoms with E-state index in [1.54, 1.807) is 18.2 Å². The lowest BCUT2D eigenvalue weighted by atomic mass is 10.1. The van der Waals surface area contributed by atoms with Gasteiger partial charge in [-0.25, -0.2) is 9.18 Å². The molecular weight excluding hydrogens is 227 g/mol. The highest BCUT2D eigenvalue weighted by atomic mass is 19.1. The third-order valence-corrected chi connectivity index (χ3v) is 2.22. The van der Waals surface area contributed by atoms with Crippen LogP contribution in [0.3, 0.4) is 0 Å². The first kappa shape index (κ1) is 13.6. The maximum absolute atomic E-state index is 13.2. The zero-order valence-corrected chi connectivity index (χ0v) is 9.77. The van der Waals surface area contributed by atoms with E-state index in [2.05, 4.69) is 4.74 Å². The molecule has 0 saturated carbocycles. The van der Waals surface area contributed by atoms with E-state index in [1.165, 1.54) is 20.1 Å².